The third-order valence-corrected chi connectivity index (χ3v) is 6.13. The van der Waals surface area contributed by atoms with Crippen LogP contribution >= 0.6 is 0 Å². The molecule has 12 heteroatoms. The maximum Gasteiger partial charge on any atom is 0.407 e. The molecule has 1 aliphatic rings. The molecule has 12 nitrogen and oxygen atoms in total. The summed E-state index contributed by atoms with van der Waals surface area (Å²) in [5.41, 5.74) is 4.21. The van der Waals surface area contributed by atoms with E-state index in [0.717, 1.165) is 22.3 Å². The van der Waals surface area contributed by atoms with Crippen LogP contribution in [0.4, 0.5) is 9.59 Å². The van der Waals surface area contributed by atoms with Crippen molar-refractivity contribution in [1.82, 2.24) is 10.6 Å². The van der Waals surface area contributed by atoms with Crippen molar-refractivity contribution in [2.75, 3.05) is 72.6 Å². The molecule has 0 unspecified atom stereocenters. The van der Waals surface area contributed by atoms with Crippen LogP contribution in [0.25, 0.3) is 11.1 Å². The number of carboxylic acids is 1. The normalized spacial score (nSPS) is 12.5. The Hall–Kier alpha value is -4.15. The van der Waals surface area contributed by atoms with Gasteiger partial charge in [0, 0.05) is 12.5 Å². The van der Waals surface area contributed by atoms with Crippen molar-refractivity contribution in [2.24, 2.45) is 0 Å². The van der Waals surface area contributed by atoms with Crippen LogP contribution in [0.5, 0.6) is 0 Å². The Morgan fingerprint density at radius 1 is 0.786 bits per heavy atom. The predicted molar refractivity (Wildman–Crippen MR) is 151 cm³/mol. The molecule has 1 atom stereocenters. The van der Waals surface area contributed by atoms with Gasteiger partial charge in [-0.1, -0.05) is 54.5 Å². The summed E-state index contributed by atoms with van der Waals surface area (Å²) in [6, 6.07) is 14.2. The standard InChI is InChI=1S/C30H36N2O10/c1-2-12-37-14-16-39-18-19-40-17-15-38-13-11-31-29(35)42-21-27(28(33)34)32-30(36)41-20-26-24-9-5-3-7-22(24)23-8-4-6-10-25(23)26/h1,3-10,26-27H,11-21H2,(H,31,35)(H,32,36)(H,33,34)/t27-/m0/s1. The van der Waals surface area contributed by atoms with E-state index in [9.17, 15) is 19.5 Å². The van der Waals surface area contributed by atoms with Gasteiger partial charge < -0.3 is 44.2 Å². The number of terminal acetylenes is 1. The minimum atomic E-state index is -1.49. The molecule has 0 saturated heterocycles. The number of carbonyl (C=O) groups is 3. The minimum absolute atomic E-state index is 0.0233. The van der Waals surface area contributed by atoms with Gasteiger partial charge in [-0.15, -0.1) is 6.42 Å². The van der Waals surface area contributed by atoms with Gasteiger partial charge in [0.2, 0.25) is 0 Å². The smallest absolute Gasteiger partial charge is 0.407 e. The van der Waals surface area contributed by atoms with E-state index in [1.807, 2.05) is 48.5 Å². The van der Waals surface area contributed by atoms with E-state index >= 15 is 0 Å². The van der Waals surface area contributed by atoms with Gasteiger partial charge in [-0.25, -0.2) is 14.4 Å². The molecule has 3 N–H and O–H groups in total. The van der Waals surface area contributed by atoms with Gasteiger partial charge >= 0.3 is 18.2 Å². The Kier molecular flexibility index (Phi) is 14.1. The van der Waals surface area contributed by atoms with Crippen molar-refractivity contribution in [2.45, 2.75) is 12.0 Å². The summed E-state index contributed by atoms with van der Waals surface area (Å²) in [6.45, 7) is 2.37. The summed E-state index contributed by atoms with van der Waals surface area (Å²) < 4.78 is 31.4. The zero-order valence-electron chi connectivity index (χ0n) is 23.3. The molecule has 2 aromatic rings. The first-order chi connectivity index (χ1) is 20.5. The van der Waals surface area contributed by atoms with Crippen LogP contribution in [0.15, 0.2) is 48.5 Å². The molecule has 0 aliphatic heterocycles. The van der Waals surface area contributed by atoms with E-state index in [0.29, 0.717) is 39.6 Å². The van der Waals surface area contributed by atoms with E-state index in [4.69, 9.17) is 34.8 Å². The van der Waals surface area contributed by atoms with E-state index < -0.39 is 30.8 Å². The fourth-order valence-corrected chi connectivity index (χ4v) is 4.18. The Morgan fingerprint density at radius 2 is 1.33 bits per heavy atom. The third kappa shape index (κ3) is 10.7. The summed E-state index contributed by atoms with van der Waals surface area (Å²) in [5.74, 6) is 0.817. The number of nitrogens with one attached hydrogen (secondary N) is 2. The van der Waals surface area contributed by atoms with Crippen molar-refractivity contribution in [3.63, 3.8) is 0 Å². The van der Waals surface area contributed by atoms with Gasteiger partial charge in [-0.3, -0.25) is 0 Å². The highest BCUT2D eigenvalue weighted by Gasteiger charge is 2.30. The highest BCUT2D eigenvalue weighted by atomic mass is 16.6. The molecule has 0 saturated carbocycles. The highest BCUT2D eigenvalue weighted by Crippen LogP contribution is 2.44. The molecule has 0 heterocycles. The van der Waals surface area contributed by atoms with Crippen molar-refractivity contribution in [3.05, 3.63) is 59.7 Å². The second kappa shape index (κ2) is 18.3. The van der Waals surface area contributed by atoms with Gasteiger partial charge in [0.25, 0.3) is 0 Å². The third-order valence-electron chi connectivity index (χ3n) is 6.13. The zero-order valence-corrected chi connectivity index (χ0v) is 23.3. The Balaban J connectivity index is 1.25. The second-order valence-electron chi connectivity index (χ2n) is 8.98. The van der Waals surface area contributed by atoms with E-state index in [1.54, 1.807) is 0 Å². The van der Waals surface area contributed by atoms with Crippen LogP contribution in [0.2, 0.25) is 0 Å². The number of benzene rings is 2. The van der Waals surface area contributed by atoms with Crippen molar-refractivity contribution in [1.29, 1.82) is 0 Å². The first-order valence-electron chi connectivity index (χ1n) is 13.5. The highest BCUT2D eigenvalue weighted by molar-refractivity contribution is 5.81. The summed E-state index contributed by atoms with van der Waals surface area (Å²) in [5, 5.41) is 14.1. The lowest BCUT2D eigenvalue weighted by atomic mass is 9.98. The quantitative estimate of drug-likeness (QED) is 0.166. The van der Waals surface area contributed by atoms with Gasteiger partial charge in [0.1, 0.15) is 19.8 Å². The van der Waals surface area contributed by atoms with Crippen molar-refractivity contribution in [3.8, 4) is 23.5 Å². The number of carbonyl (C=O) groups excluding carboxylic acids is 2. The number of fused-ring (bicyclic) bond motifs is 3. The van der Waals surface area contributed by atoms with Crippen LogP contribution in [-0.2, 0) is 33.2 Å². The number of hydrogen-bond donors (Lipinski definition) is 3. The maximum atomic E-state index is 12.4. The number of amides is 2. The van der Waals surface area contributed by atoms with Crippen LogP contribution in [-0.4, -0.2) is 102 Å². The van der Waals surface area contributed by atoms with E-state index in [2.05, 4.69) is 16.6 Å². The average Bonchev–Trinajstić information content (AvgIpc) is 3.31. The summed E-state index contributed by atoms with van der Waals surface area (Å²) in [6.07, 6.45) is 3.29. The summed E-state index contributed by atoms with van der Waals surface area (Å²) in [4.78, 5) is 35.9. The van der Waals surface area contributed by atoms with E-state index in [-0.39, 0.29) is 32.3 Å². The molecule has 0 radical (unpaired) electrons. The van der Waals surface area contributed by atoms with Gasteiger partial charge in [0.15, 0.2) is 6.04 Å². The van der Waals surface area contributed by atoms with Crippen LogP contribution < -0.4 is 10.6 Å². The molecule has 0 bridgehead atoms. The van der Waals surface area contributed by atoms with Crippen LogP contribution in [0.3, 0.4) is 0 Å². The molecule has 3 rings (SSSR count). The second-order valence-corrected chi connectivity index (χ2v) is 8.98. The number of aliphatic carboxylic acids is 1. The first kappa shape index (κ1) is 32.4. The fourth-order valence-electron chi connectivity index (χ4n) is 4.18. The molecule has 0 fully saturated rings. The van der Waals surface area contributed by atoms with E-state index in [1.165, 1.54) is 0 Å². The summed E-state index contributed by atoms with van der Waals surface area (Å²) >= 11 is 0. The average molecular weight is 585 g/mol. The number of hydrogen-bond acceptors (Lipinski definition) is 9. The molecule has 0 spiro atoms. The SMILES string of the molecule is C#CCOCCOCCOCCOCCNC(=O)OC[C@H](NC(=O)OCC1c2ccccc2-c2ccccc21)C(=O)O. The topological polar surface area (TPSA) is 151 Å². The monoisotopic (exact) mass is 584 g/mol. The zero-order chi connectivity index (χ0) is 30.0. The Bertz CT molecular complexity index is 1150. The Labute approximate surface area is 244 Å². The molecule has 42 heavy (non-hydrogen) atoms. The minimum Gasteiger partial charge on any atom is -0.480 e. The molecule has 1 aliphatic carbocycles. The largest absolute Gasteiger partial charge is 0.480 e. The van der Waals surface area contributed by atoms with Crippen molar-refractivity contribution < 1.29 is 47.9 Å². The number of rotatable bonds is 19. The lowest BCUT2D eigenvalue weighted by Crippen LogP contribution is -2.45. The Morgan fingerprint density at radius 3 is 1.90 bits per heavy atom. The fraction of sp³-hybridized carbons (Fsp3) is 0.433. The number of carboxylic acid groups (broad SMARTS) is 1. The van der Waals surface area contributed by atoms with Gasteiger partial charge in [-0.05, 0) is 22.3 Å². The molecule has 2 aromatic carbocycles. The van der Waals surface area contributed by atoms with Crippen LogP contribution in [0.1, 0.15) is 17.0 Å². The predicted octanol–water partition coefficient (Wildman–Crippen LogP) is 2.40. The molecule has 0 aromatic heterocycles. The number of ether oxygens (including phenoxy) is 6. The van der Waals surface area contributed by atoms with Gasteiger partial charge in [0.05, 0.1) is 46.2 Å². The lowest BCUT2D eigenvalue weighted by molar-refractivity contribution is -0.140. The summed E-state index contributed by atoms with van der Waals surface area (Å²) in [7, 11) is 0. The molecular weight excluding hydrogens is 548 g/mol. The molecule has 2 amide bonds. The number of alkyl carbamates (subject to hydrolysis) is 2. The van der Waals surface area contributed by atoms with Crippen LogP contribution in [0, 0.1) is 12.3 Å². The lowest BCUT2D eigenvalue weighted by Gasteiger charge is -2.17. The maximum absolute atomic E-state index is 12.4. The molecule has 226 valence electrons. The van der Waals surface area contributed by atoms with Crippen molar-refractivity contribution >= 4 is 18.2 Å². The molecular formula is C30H36N2O10. The first-order valence-corrected chi connectivity index (χ1v) is 13.5. The van der Waals surface area contributed by atoms with Gasteiger partial charge in [-0.2, -0.15) is 0 Å².